The molecule has 2 N–H and O–H groups in total. The molecule has 1 saturated carbocycles. The fourth-order valence-electron chi connectivity index (χ4n) is 6.50. The third-order valence-electron chi connectivity index (χ3n) is 8.79. The molecule has 2 aliphatic carbocycles. The summed E-state index contributed by atoms with van der Waals surface area (Å²) in [6.45, 7) is 7.85. The van der Waals surface area contributed by atoms with Gasteiger partial charge in [-0.1, -0.05) is 20.8 Å². The van der Waals surface area contributed by atoms with Crippen LogP contribution in [0.5, 0.6) is 5.75 Å². The van der Waals surface area contributed by atoms with Crippen LogP contribution >= 0.6 is 11.3 Å². The first-order valence-corrected chi connectivity index (χ1v) is 14.3. The van der Waals surface area contributed by atoms with Gasteiger partial charge >= 0.3 is 0 Å². The molecule has 0 bridgehead atoms. The summed E-state index contributed by atoms with van der Waals surface area (Å²) >= 11 is 1.53. The molecule has 0 radical (unpaired) electrons. The second kappa shape index (κ2) is 11.3. The molecule has 8 nitrogen and oxygen atoms in total. The van der Waals surface area contributed by atoms with E-state index in [2.05, 4.69) is 24.1 Å². The molecular formula is C29H42N4O4S. The molecule has 2 aliphatic rings. The lowest BCUT2D eigenvalue weighted by molar-refractivity contribution is -0.143. The average molecular weight is 543 g/mol. The molecular weight excluding hydrogens is 500 g/mol. The molecule has 1 aromatic heterocycles. The average Bonchev–Trinajstić information content (AvgIpc) is 3.28. The number of nitrogens with one attached hydrogen (secondary N) is 1. The van der Waals surface area contributed by atoms with Crippen molar-refractivity contribution in [2.75, 3.05) is 46.7 Å². The van der Waals surface area contributed by atoms with Crippen LogP contribution in [0.15, 0.2) is 24.3 Å². The van der Waals surface area contributed by atoms with E-state index in [0.717, 1.165) is 31.5 Å². The van der Waals surface area contributed by atoms with Gasteiger partial charge in [-0.25, -0.2) is 4.98 Å². The van der Waals surface area contributed by atoms with Crippen LogP contribution in [0.2, 0.25) is 0 Å². The number of aromatic nitrogens is 1. The van der Waals surface area contributed by atoms with Crippen LogP contribution < -0.4 is 10.1 Å². The highest BCUT2D eigenvalue weighted by molar-refractivity contribution is 7.15. The minimum absolute atomic E-state index is 0.00307. The quantitative estimate of drug-likeness (QED) is 0.521. The van der Waals surface area contributed by atoms with E-state index in [0.29, 0.717) is 23.0 Å². The van der Waals surface area contributed by atoms with Crippen molar-refractivity contribution in [3.63, 3.8) is 0 Å². The Morgan fingerprint density at radius 2 is 1.92 bits per heavy atom. The Morgan fingerprint density at radius 1 is 1.24 bits per heavy atom. The smallest absolute Gasteiger partial charge is 0.257 e. The molecule has 6 atom stereocenters. The topological polar surface area (TPSA) is 95.0 Å². The summed E-state index contributed by atoms with van der Waals surface area (Å²) in [5.41, 5.74) is 1.43. The number of aliphatic hydroxyl groups excluding tert-OH is 1. The third-order valence-corrected chi connectivity index (χ3v) is 9.77. The number of carbonyl (C=O) groups excluding carboxylic acids is 2. The summed E-state index contributed by atoms with van der Waals surface area (Å²) in [4.78, 5) is 35.9. The van der Waals surface area contributed by atoms with Gasteiger partial charge in [0, 0.05) is 42.4 Å². The van der Waals surface area contributed by atoms with Gasteiger partial charge in [-0.2, -0.15) is 0 Å². The Hall–Kier alpha value is -2.49. The number of ether oxygens (including phenoxy) is 1. The van der Waals surface area contributed by atoms with E-state index in [-0.39, 0.29) is 40.9 Å². The number of hydrogen-bond acceptors (Lipinski definition) is 7. The van der Waals surface area contributed by atoms with Crippen molar-refractivity contribution in [3.05, 3.63) is 40.4 Å². The number of fused-ring (bicyclic) bond motifs is 2. The first-order chi connectivity index (χ1) is 17.9. The summed E-state index contributed by atoms with van der Waals surface area (Å²) in [5.74, 6) is 0.289. The number of thiazole rings is 1. The first kappa shape index (κ1) is 28.5. The van der Waals surface area contributed by atoms with E-state index in [1.54, 1.807) is 36.3 Å². The number of likely N-dealkylation sites (N-methyl/N-ethyl adjacent to an activating group) is 2. The second-order valence-electron chi connectivity index (χ2n) is 11.7. The Morgan fingerprint density at radius 3 is 2.55 bits per heavy atom. The molecule has 0 spiro atoms. The van der Waals surface area contributed by atoms with Gasteiger partial charge in [-0.05, 0) is 74.9 Å². The summed E-state index contributed by atoms with van der Waals surface area (Å²) in [5, 5.41) is 15.3. The predicted molar refractivity (Wildman–Crippen MR) is 151 cm³/mol. The Bertz CT molecular complexity index is 1150. The van der Waals surface area contributed by atoms with E-state index in [1.807, 2.05) is 28.1 Å². The number of rotatable bonds is 8. The van der Waals surface area contributed by atoms with Gasteiger partial charge in [0.2, 0.25) is 5.91 Å². The van der Waals surface area contributed by atoms with Crippen molar-refractivity contribution in [1.29, 1.82) is 0 Å². The maximum absolute atomic E-state index is 13.2. The molecule has 6 unspecified atom stereocenters. The largest absolute Gasteiger partial charge is 0.497 e. The molecule has 2 aromatic rings. The summed E-state index contributed by atoms with van der Waals surface area (Å²) in [6.07, 6.45) is 2.01. The zero-order valence-electron chi connectivity index (χ0n) is 23.7. The Balaban J connectivity index is 1.49. The number of hydrogen-bond donors (Lipinski definition) is 2. The van der Waals surface area contributed by atoms with Crippen LogP contribution in [-0.2, 0) is 11.2 Å². The van der Waals surface area contributed by atoms with Gasteiger partial charge in [0.05, 0.1) is 18.9 Å². The number of aliphatic hydroxyl groups is 1. The van der Waals surface area contributed by atoms with E-state index in [4.69, 9.17) is 9.72 Å². The summed E-state index contributed by atoms with van der Waals surface area (Å²) < 4.78 is 5.18. The van der Waals surface area contributed by atoms with Gasteiger partial charge in [-0.3, -0.25) is 14.9 Å². The highest BCUT2D eigenvalue weighted by Gasteiger charge is 2.54. The minimum Gasteiger partial charge on any atom is -0.497 e. The molecule has 4 rings (SSSR count). The normalized spacial score (nSPS) is 27.3. The zero-order chi connectivity index (χ0) is 27.8. The zero-order valence-corrected chi connectivity index (χ0v) is 24.5. The maximum atomic E-state index is 13.2. The van der Waals surface area contributed by atoms with Gasteiger partial charge < -0.3 is 19.6 Å². The van der Waals surface area contributed by atoms with E-state index in [9.17, 15) is 14.7 Å². The Kier molecular flexibility index (Phi) is 8.49. The van der Waals surface area contributed by atoms with E-state index >= 15 is 0 Å². The summed E-state index contributed by atoms with van der Waals surface area (Å²) in [7, 11) is 7.45. The van der Waals surface area contributed by atoms with Crippen molar-refractivity contribution in [2.24, 2.45) is 23.2 Å². The van der Waals surface area contributed by atoms with Crippen LogP contribution in [-0.4, -0.2) is 79.2 Å². The van der Waals surface area contributed by atoms with Crippen LogP contribution in [0, 0.1) is 23.2 Å². The first-order valence-electron chi connectivity index (χ1n) is 13.5. The van der Waals surface area contributed by atoms with Crippen LogP contribution in [0.3, 0.4) is 0 Å². The molecule has 208 valence electrons. The number of methoxy groups -OCH3 is 1. The Labute approximate surface area is 230 Å². The lowest BCUT2D eigenvalue weighted by atomic mass is 9.53. The van der Waals surface area contributed by atoms with Crippen LogP contribution in [0.25, 0.3) is 0 Å². The van der Waals surface area contributed by atoms with Crippen molar-refractivity contribution < 1.29 is 19.4 Å². The number of benzene rings is 1. The minimum atomic E-state index is -0.586. The molecule has 1 heterocycles. The van der Waals surface area contributed by atoms with Gasteiger partial charge in [0.25, 0.3) is 5.91 Å². The fraction of sp³-hybridized carbons (Fsp3) is 0.621. The lowest BCUT2D eigenvalue weighted by Gasteiger charge is -2.53. The highest BCUT2D eigenvalue weighted by Crippen LogP contribution is 2.57. The van der Waals surface area contributed by atoms with Gasteiger partial charge in [-0.15, -0.1) is 11.3 Å². The maximum Gasteiger partial charge on any atom is 0.257 e. The lowest BCUT2D eigenvalue weighted by Crippen LogP contribution is -2.53. The molecule has 0 saturated heterocycles. The van der Waals surface area contributed by atoms with Crippen molar-refractivity contribution >= 4 is 28.3 Å². The van der Waals surface area contributed by atoms with Crippen LogP contribution in [0.1, 0.15) is 60.5 Å². The number of amides is 2. The SMILES string of the molecule is COc1ccc(C(=O)Nc2nc3c(s2)CC2(C)CCC(C(C)C(=O)N(C)CCN(C)C)C(O)C2C3C)cc1. The predicted octanol–water partition coefficient (Wildman–Crippen LogP) is 4.11. The monoisotopic (exact) mass is 542 g/mol. The molecule has 9 heteroatoms. The van der Waals surface area contributed by atoms with E-state index in [1.165, 1.54) is 16.2 Å². The molecule has 38 heavy (non-hydrogen) atoms. The molecule has 0 aliphatic heterocycles. The number of carbonyl (C=O) groups is 2. The third kappa shape index (κ3) is 5.60. The van der Waals surface area contributed by atoms with Crippen LogP contribution in [0.4, 0.5) is 5.13 Å². The second-order valence-corrected chi connectivity index (χ2v) is 12.8. The number of nitrogens with zero attached hydrogens (tertiary/aromatic N) is 3. The molecule has 1 aromatic carbocycles. The standard InChI is InChI=1S/C29H42N4O4S/c1-17(27(36)33(6)15-14-32(4)5)21-12-13-29(3)16-22-24(18(2)23(29)25(21)34)30-28(38-22)31-26(35)19-8-10-20(37-7)11-9-19/h8-11,17-18,21,23,25,34H,12-16H2,1-7H3,(H,30,31,35). The highest BCUT2D eigenvalue weighted by atomic mass is 32.1. The van der Waals surface area contributed by atoms with E-state index < -0.39 is 6.10 Å². The van der Waals surface area contributed by atoms with Crippen molar-refractivity contribution in [2.45, 2.75) is 52.1 Å². The number of anilines is 1. The molecule has 2 amide bonds. The fourth-order valence-corrected chi connectivity index (χ4v) is 7.76. The van der Waals surface area contributed by atoms with Gasteiger partial charge in [0.1, 0.15) is 5.75 Å². The van der Waals surface area contributed by atoms with Gasteiger partial charge in [0.15, 0.2) is 5.13 Å². The van der Waals surface area contributed by atoms with Crippen molar-refractivity contribution in [3.8, 4) is 5.75 Å². The van der Waals surface area contributed by atoms with Crippen molar-refractivity contribution in [1.82, 2.24) is 14.8 Å². The summed E-state index contributed by atoms with van der Waals surface area (Å²) in [6, 6.07) is 6.99. The molecule has 1 fully saturated rings.